The van der Waals surface area contributed by atoms with Gasteiger partial charge in [0.1, 0.15) is 0 Å². The first-order chi connectivity index (χ1) is 7.53. The summed E-state index contributed by atoms with van der Waals surface area (Å²) in [7, 11) is -2.86. The number of carbonyl (C=O) groups excluding carboxylic acids is 1. The molecule has 1 unspecified atom stereocenters. The molecule has 0 spiro atoms. The van der Waals surface area contributed by atoms with Crippen LogP contribution in [0.15, 0.2) is 0 Å². The van der Waals surface area contributed by atoms with Gasteiger partial charge >= 0.3 is 0 Å². The van der Waals surface area contributed by atoms with E-state index in [1.54, 1.807) is 0 Å². The van der Waals surface area contributed by atoms with Crippen LogP contribution in [0.2, 0.25) is 0 Å². The molecule has 1 aliphatic rings. The summed E-state index contributed by atoms with van der Waals surface area (Å²) in [5.74, 6) is 0.343. The largest absolute Gasteiger partial charge is 0.355 e. The Morgan fingerprint density at radius 2 is 2.19 bits per heavy atom. The van der Waals surface area contributed by atoms with Crippen LogP contribution < -0.4 is 10.6 Å². The predicted octanol–water partition coefficient (Wildman–Crippen LogP) is -0.321. The lowest BCUT2D eigenvalue weighted by atomic mass is 10.2. The van der Waals surface area contributed by atoms with Crippen LogP contribution in [0.1, 0.15) is 26.2 Å². The van der Waals surface area contributed by atoms with Gasteiger partial charge in [0.15, 0.2) is 9.84 Å². The third-order valence-corrected chi connectivity index (χ3v) is 4.40. The molecule has 5 nitrogen and oxygen atoms in total. The lowest BCUT2D eigenvalue weighted by Crippen LogP contribution is -2.39. The smallest absolute Gasteiger partial charge is 0.233 e. The molecule has 6 heteroatoms. The van der Waals surface area contributed by atoms with E-state index in [1.165, 1.54) is 0 Å². The molecule has 2 N–H and O–H groups in total. The maximum atomic E-state index is 11.3. The second-order valence-electron chi connectivity index (χ2n) is 4.18. The summed E-state index contributed by atoms with van der Waals surface area (Å²) in [5, 5.41) is 5.75. The highest BCUT2D eigenvalue weighted by atomic mass is 32.2. The van der Waals surface area contributed by atoms with Crippen molar-refractivity contribution in [1.82, 2.24) is 10.6 Å². The number of sulfone groups is 1. The number of nitrogens with one attached hydrogen (secondary N) is 2. The Morgan fingerprint density at radius 1 is 1.44 bits per heavy atom. The van der Waals surface area contributed by atoms with E-state index >= 15 is 0 Å². The zero-order valence-corrected chi connectivity index (χ0v) is 10.5. The number of rotatable bonds is 6. The zero-order valence-electron chi connectivity index (χ0n) is 9.66. The summed E-state index contributed by atoms with van der Waals surface area (Å²) >= 11 is 0. The molecule has 16 heavy (non-hydrogen) atoms. The second-order valence-corrected chi connectivity index (χ2v) is 6.41. The SMILES string of the molecule is CCCCNC(=O)CNC1CCS(=O)(=O)C1. The van der Waals surface area contributed by atoms with Crippen LogP contribution in [0, 0.1) is 0 Å². The zero-order chi connectivity index (χ0) is 12.0. The van der Waals surface area contributed by atoms with Crippen LogP contribution in [-0.4, -0.2) is 45.0 Å². The second kappa shape index (κ2) is 6.20. The van der Waals surface area contributed by atoms with E-state index in [1.807, 2.05) is 0 Å². The Morgan fingerprint density at radius 3 is 2.75 bits per heavy atom. The maximum Gasteiger partial charge on any atom is 0.233 e. The van der Waals surface area contributed by atoms with Gasteiger partial charge in [-0.1, -0.05) is 13.3 Å². The number of hydrogen-bond donors (Lipinski definition) is 2. The number of hydrogen-bond acceptors (Lipinski definition) is 4. The normalized spacial score (nSPS) is 23.2. The average molecular weight is 248 g/mol. The van der Waals surface area contributed by atoms with Crippen LogP contribution in [-0.2, 0) is 14.6 Å². The van der Waals surface area contributed by atoms with E-state index in [9.17, 15) is 13.2 Å². The van der Waals surface area contributed by atoms with Gasteiger partial charge in [-0.25, -0.2) is 8.42 Å². The van der Waals surface area contributed by atoms with Crippen LogP contribution in [0.3, 0.4) is 0 Å². The lowest BCUT2D eigenvalue weighted by Gasteiger charge is -2.10. The van der Waals surface area contributed by atoms with Gasteiger partial charge in [-0.15, -0.1) is 0 Å². The molecule has 0 bridgehead atoms. The number of carbonyl (C=O) groups is 1. The Labute approximate surface area is 96.9 Å². The number of amides is 1. The molecule has 1 saturated heterocycles. The van der Waals surface area contributed by atoms with Gasteiger partial charge < -0.3 is 10.6 Å². The highest BCUT2D eigenvalue weighted by Crippen LogP contribution is 2.10. The molecule has 0 aromatic carbocycles. The van der Waals surface area contributed by atoms with Crippen molar-refractivity contribution in [2.75, 3.05) is 24.6 Å². The maximum absolute atomic E-state index is 11.3. The van der Waals surface area contributed by atoms with Crippen molar-refractivity contribution in [2.24, 2.45) is 0 Å². The first kappa shape index (κ1) is 13.4. The summed E-state index contributed by atoms with van der Waals surface area (Å²) in [4.78, 5) is 11.3. The Balaban J connectivity index is 2.13. The van der Waals surface area contributed by atoms with Crippen LogP contribution >= 0.6 is 0 Å². The minimum absolute atomic E-state index is 0.0538. The summed E-state index contributed by atoms with van der Waals surface area (Å²) in [5.41, 5.74) is 0. The molecule has 0 aromatic rings. The van der Waals surface area contributed by atoms with Crippen molar-refractivity contribution in [2.45, 2.75) is 32.2 Å². The molecule has 0 aromatic heterocycles. The first-order valence-electron chi connectivity index (χ1n) is 5.74. The predicted molar refractivity (Wildman–Crippen MR) is 63.0 cm³/mol. The highest BCUT2D eigenvalue weighted by molar-refractivity contribution is 7.91. The third kappa shape index (κ3) is 4.94. The van der Waals surface area contributed by atoms with E-state index < -0.39 is 9.84 Å². The van der Waals surface area contributed by atoms with E-state index in [0.717, 1.165) is 12.8 Å². The summed E-state index contributed by atoms with van der Waals surface area (Å²) in [6.07, 6.45) is 2.64. The minimum Gasteiger partial charge on any atom is -0.355 e. The van der Waals surface area contributed by atoms with Gasteiger partial charge in [-0.05, 0) is 12.8 Å². The van der Waals surface area contributed by atoms with Gasteiger partial charge in [0.05, 0.1) is 18.1 Å². The molecule has 1 rings (SSSR count). The monoisotopic (exact) mass is 248 g/mol. The fourth-order valence-corrected chi connectivity index (χ4v) is 3.37. The topological polar surface area (TPSA) is 75.3 Å². The molecule has 94 valence electrons. The first-order valence-corrected chi connectivity index (χ1v) is 7.56. The van der Waals surface area contributed by atoms with Crippen molar-refractivity contribution < 1.29 is 13.2 Å². The van der Waals surface area contributed by atoms with E-state index in [-0.39, 0.29) is 30.0 Å². The number of unbranched alkanes of at least 4 members (excludes halogenated alkanes) is 1. The molecular formula is C10H20N2O3S. The fraction of sp³-hybridized carbons (Fsp3) is 0.900. The van der Waals surface area contributed by atoms with Gasteiger partial charge in [0, 0.05) is 12.6 Å². The van der Waals surface area contributed by atoms with E-state index in [2.05, 4.69) is 17.6 Å². The van der Waals surface area contributed by atoms with Crippen molar-refractivity contribution in [3.63, 3.8) is 0 Å². The molecule has 0 aliphatic carbocycles. The fourth-order valence-electron chi connectivity index (χ4n) is 1.66. The molecule has 1 heterocycles. The van der Waals surface area contributed by atoms with Crippen molar-refractivity contribution in [1.29, 1.82) is 0 Å². The Hall–Kier alpha value is -0.620. The molecule has 0 saturated carbocycles. The van der Waals surface area contributed by atoms with Gasteiger partial charge in [0.25, 0.3) is 0 Å². The van der Waals surface area contributed by atoms with Gasteiger partial charge in [0.2, 0.25) is 5.91 Å². The molecule has 0 radical (unpaired) electrons. The van der Waals surface area contributed by atoms with Gasteiger partial charge in [-0.2, -0.15) is 0 Å². The average Bonchev–Trinajstić information content (AvgIpc) is 2.56. The Kier molecular flexibility index (Phi) is 5.21. The van der Waals surface area contributed by atoms with E-state index in [0.29, 0.717) is 13.0 Å². The third-order valence-electron chi connectivity index (χ3n) is 2.64. The summed E-state index contributed by atoms with van der Waals surface area (Å²) < 4.78 is 22.3. The quantitative estimate of drug-likeness (QED) is 0.632. The Bertz CT molecular complexity index is 327. The van der Waals surface area contributed by atoms with Crippen LogP contribution in [0.5, 0.6) is 0 Å². The van der Waals surface area contributed by atoms with Crippen molar-refractivity contribution in [3.05, 3.63) is 0 Å². The molecule has 1 fully saturated rings. The molecule has 1 aliphatic heterocycles. The van der Waals surface area contributed by atoms with Crippen LogP contribution in [0.25, 0.3) is 0 Å². The molecule has 1 amide bonds. The molecule has 1 atom stereocenters. The summed E-state index contributed by atoms with van der Waals surface area (Å²) in [6.45, 7) is 2.97. The summed E-state index contributed by atoms with van der Waals surface area (Å²) in [6, 6.07) is -0.0538. The lowest BCUT2D eigenvalue weighted by molar-refractivity contribution is -0.120. The minimum atomic E-state index is -2.86. The van der Waals surface area contributed by atoms with Crippen molar-refractivity contribution in [3.8, 4) is 0 Å². The highest BCUT2D eigenvalue weighted by Gasteiger charge is 2.27. The standard InChI is InChI=1S/C10H20N2O3S/c1-2-3-5-11-10(13)7-12-9-4-6-16(14,15)8-9/h9,12H,2-8H2,1H3,(H,11,13). The molecular weight excluding hydrogens is 228 g/mol. The van der Waals surface area contributed by atoms with Crippen LogP contribution in [0.4, 0.5) is 0 Å². The van der Waals surface area contributed by atoms with Gasteiger partial charge in [-0.3, -0.25) is 4.79 Å². The van der Waals surface area contributed by atoms with Crippen molar-refractivity contribution >= 4 is 15.7 Å². The van der Waals surface area contributed by atoms with E-state index in [4.69, 9.17) is 0 Å².